The van der Waals surface area contributed by atoms with Crippen LogP contribution < -0.4 is 10.5 Å². The first-order valence-electron chi connectivity index (χ1n) is 6.53. The number of hydrogen-bond donors (Lipinski definition) is 2. The van der Waals surface area contributed by atoms with Crippen molar-refractivity contribution in [2.24, 2.45) is 5.73 Å². The molecule has 2 rings (SSSR count). The highest BCUT2D eigenvalue weighted by molar-refractivity contribution is 7.89. The molecule has 0 saturated heterocycles. The van der Waals surface area contributed by atoms with Gasteiger partial charge in [-0.1, -0.05) is 12.8 Å². The highest BCUT2D eigenvalue weighted by Crippen LogP contribution is 2.23. The molecule has 1 aromatic rings. The number of nitrogens with two attached hydrogens (primary N) is 1. The summed E-state index contributed by atoms with van der Waals surface area (Å²) in [6, 6.07) is 1.82. The minimum absolute atomic E-state index is 0.281. The van der Waals surface area contributed by atoms with Crippen molar-refractivity contribution in [3.8, 4) is 0 Å². The Morgan fingerprint density at radius 2 is 2.00 bits per heavy atom. The van der Waals surface area contributed by atoms with E-state index >= 15 is 0 Å². The second-order valence-corrected chi connectivity index (χ2v) is 6.76. The number of nitro groups is 1. The third-order valence-corrected chi connectivity index (χ3v) is 5.04. The zero-order chi connectivity index (χ0) is 15.6. The van der Waals surface area contributed by atoms with Crippen LogP contribution in [0.15, 0.2) is 23.1 Å². The SMILES string of the molecule is N[C@@H]1CCCC[C@H]1NS(=O)(=O)c1ccc([N+](=O)[O-])c(F)c1. The third-order valence-electron chi connectivity index (χ3n) is 3.55. The summed E-state index contributed by atoms with van der Waals surface area (Å²) in [5.41, 5.74) is 5.11. The van der Waals surface area contributed by atoms with Crippen molar-refractivity contribution in [3.63, 3.8) is 0 Å². The lowest BCUT2D eigenvalue weighted by Gasteiger charge is -2.29. The van der Waals surface area contributed by atoms with Crippen LogP contribution >= 0.6 is 0 Å². The summed E-state index contributed by atoms with van der Waals surface area (Å²) in [6.45, 7) is 0. The van der Waals surface area contributed by atoms with E-state index in [1.54, 1.807) is 0 Å². The Morgan fingerprint density at radius 1 is 1.33 bits per heavy atom. The summed E-state index contributed by atoms with van der Waals surface area (Å²) in [7, 11) is -3.95. The van der Waals surface area contributed by atoms with Gasteiger partial charge in [0.2, 0.25) is 15.8 Å². The van der Waals surface area contributed by atoms with Gasteiger partial charge in [0.15, 0.2) is 0 Å². The molecule has 9 heteroatoms. The molecule has 0 amide bonds. The van der Waals surface area contributed by atoms with Crippen LogP contribution in [0, 0.1) is 15.9 Å². The molecule has 0 radical (unpaired) electrons. The molecule has 116 valence electrons. The smallest absolute Gasteiger partial charge is 0.304 e. The van der Waals surface area contributed by atoms with Crippen LogP contribution in [0.25, 0.3) is 0 Å². The van der Waals surface area contributed by atoms with Crippen LogP contribution in [-0.2, 0) is 10.0 Å². The van der Waals surface area contributed by atoms with Gasteiger partial charge in [-0.15, -0.1) is 0 Å². The van der Waals surface area contributed by atoms with E-state index in [0.29, 0.717) is 12.5 Å². The molecule has 0 unspecified atom stereocenters. The Hall–Kier alpha value is -1.58. The van der Waals surface area contributed by atoms with Gasteiger partial charge in [0, 0.05) is 24.2 Å². The average molecular weight is 317 g/mol. The summed E-state index contributed by atoms with van der Waals surface area (Å²) in [6.07, 6.45) is 3.17. The fourth-order valence-corrected chi connectivity index (χ4v) is 3.71. The van der Waals surface area contributed by atoms with E-state index in [0.717, 1.165) is 31.4 Å². The fraction of sp³-hybridized carbons (Fsp3) is 0.500. The van der Waals surface area contributed by atoms with Gasteiger partial charge >= 0.3 is 5.69 Å². The van der Waals surface area contributed by atoms with E-state index < -0.39 is 32.5 Å². The molecule has 1 aromatic carbocycles. The van der Waals surface area contributed by atoms with Gasteiger partial charge in [-0.05, 0) is 18.9 Å². The van der Waals surface area contributed by atoms with Crippen LogP contribution in [-0.4, -0.2) is 25.4 Å². The second-order valence-electron chi connectivity index (χ2n) is 5.05. The van der Waals surface area contributed by atoms with Crippen molar-refractivity contribution < 1.29 is 17.7 Å². The lowest BCUT2D eigenvalue weighted by molar-refractivity contribution is -0.387. The van der Waals surface area contributed by atoms with Crippen molar-refractivity contribution >= 4 is 15.7 Å². The highest BCUT2D eigenvalue weighted by atomic mass is 32.2. The summed E-state index contributed by atoms with van der Waals surface area (Å²) in [5.74, 6) is -1.18. The van der Waals surface area contributed by atoms with Gasteiger partial charge in [0.05, 0.1) is 9.82 Å². The Labute approximate surface area is 121 Å². The quantitative estimate of drug-likeness (QED) is 0.641. The number of sulfonamides is 1. The number of rotatable bonds is 4. The minimum Gasteiger partial charge on any atom is -0.326 e. The van der Waals surface area contributed by atoms with Crippen molar-refractivity contribution in [2.45, 2.75) is 42.7 Å². The Morgan fingerprint density at radius 3 is 2.57 bits per heavy atom. The Bertz CT molecular complexity index is 650. The van der Waals surface area contributed by atoms with Gasteiger partial charge in [0.1, 0.15) is 0 Å². The van der Waals surface area contributed by atoms with Crippen LogP contribution in [0.4, 0.5) is 10.1 Å². The summed E-state index contributed by atoms with van der Waals surface area (Å²) >= 11 is 0. The number of halogens is 1. The maximum Gasteiger partial charge on any atom is 0.304 e. The minimum atomic E-state index is -3.95. The molecule has 0 heterocycles. The molecule has 0 aromatic heterocycles. The second kappa shape index (κ2) is 6.04. The van der Waals surface area contributed by atoms with E-state index in [-0.39, 0.29) is 10.9 Å². The zero-order valence-electron chi connectivity index (χ0n) is 11.2. The first-order valence-corrected chi connectivity index (χ1v) is 8.01. The maximum absolute atomic E-state index is 13.5. The number of hydrogen-bond acceptors (Lipinski definition) is 5. The van der Waals surface area contributed by atoms with Crippen molar-refractivity contribution in [1.29, 1.82) is 0 Å². The first-order chi connectivity index (χ1) is 9.81. The van der Waals surface area contributed by atoms with Crippen LogP contribution in [0.1, 0.15) is 25.7 Å². The molecular formula is C12H16FN3O4S. The Balaban J connectivity index is 2.23. The molecule has 0 spiro atoms. The number of nitrogens with zero attached hydrogens (tertiary/aromatic N) is 1. The van der Waals surface area contributed by atoms with Crippen LogP contribution in [0.2, 0.25) is 0 Å². The fourth-order valence-electron chi connectivity index (χ4n) is 2.38. The number of benzene rings is 1. The van der Waals surface area contributed by atoms with Crippen LogP contribution in [0.3, 0.4) is 0 Å². The molecule has 1 fully saturated rings. The highest BCUT2D eigenvalue weighted by Gasteiger charge is 2.28. The summed E-state index contributed by atoms with van der Waals surface area (Å²) in [5, 5.41) is 10.5. The van der Waals surface area contributed by atoms with Gasteiger partial charge in [-0.2, -0.15) is 4.39 Å². The van der Waals surface area contributed by atoms with Gasteiger partial charge in [-0.3, -0.25) is 10.1 Å². The largest absolute Gasteiger partial charge is 0.326 e. The van der Waals surface area contributed by atoms with Crippen molar-refractivity contribution in [1.82, 2.24) is 4.72 Å². The van der Waals surface area contributed by atoms with Crippen molar-refractivity contribution in [3.05, 3.63) is 34.1 Å². The standard InChI is InChI=1S/C12H16FN3O4S/c13-9-7-8(5-6-12(9)16(17)18)21(19,20)15-11-4-2-1-3-10(11)14/h5-7,10-11,15H,1-4,14H2/t10-,11-/m1/s1. The van der Waals surface area contributed by atoms with E-state index in [9.17, 15) is 22.9 Å². The normalized spacial score (nSPS) is 23.0. The molecule has 0 aliphatic heterocycles. The zero-order valence-corrected chi connectivity index (χ0v) is 12.0. The Kier molecular flexibility index (Phi) is 4.55. The van der Waals surface area contributed by atoms with Crippen molar-refractivity contribution in [2.75, 3.05) is 0 Å². The predicted molar refractivity (Wildman–Crippen MR) is 73.6 cm³/mol. The molecule has 1 aliphatic carbocycles. The van der Waals surface area contributed by atoms with Crippen LogP contribution in [0.5, 0.6) is 0 Å². The number of nitrogens with one attached hydrogen (secondary N) is 1. The van der Waals surface area contributed by atoms with E-state index in [2.05, 4.69) is 4.72 Å². The molecule has 1 aliphatic rings. The topological polar surface area (TPSA) is 115 Å². The molecule has 3 N–H and O–H groups in total. The van der Waals surface area contributed by atoms with E-state index in [1.807, 2.05) is 0 Å². The maximum atomic E-state index is 13.5. The lowest BCUT2D eigenvalue weighted by atomic mass is 9.92. The van der Waals surface area contributed by atoms with E-state index in [1.165, 1.54) is 0 Å². The monoisotopic (exact) mass is 317 g/mol. The average Bonchev–Trinajstić information content (AvgIpc) is 2.40. The molecule has 21 heavy (non-hydrogen) atoms. The first kappa shape index (κ1) is 15.8. The lowest BCUT2D eigenvalue weighted by Crippen LogP contribution is -2.49. The molecule has 2 atom stereocenters. The summed E-state index contributed by atoms with van der Waals surface area (Å²) in [4.78, 5) is 9.28. The van der Waals surface area contributed by atoms with Gasteiger partial charge in [-0.25, -0.2) is 13.1 Å². The number of nitro benzene ring substituents is 1. The molecule has 1 saturated carbocycles. The predicted octanol–water partition coefficient (Wildman–Crippen LogP) is 1.28. The molecular weight excluding hydrogens is 301 g/mol. The third kappa shape index (κ3) is 3.55. The molecule has 7 nitrogen and oxygen atoms in total. The molecule has 0 bridgehead atoms. The van der Waals surface area contributed by atoms with E-state index in [4.69, 9.17) is 5.73 Å². The van der Waals surface area contributed by atoms with Gasteiger partial charge in [0.25, 0.3) is 0 Å². The van der Waals surface area contributed by atoms with Gasteiger partial charge < -0.3 is 5.73 Å². The summed E-state index contributed by atoms with van der Waals surface area (Å²) < 4.78 is 40.3.